The summed E-state index contributed by atoms with van der Waals surface area (Å²) in [4.78, 5) is 22.7. The molecule has 2 rings (SSSR count). The van der Waals surface area contributed by atoms with Gasteiger partial charge in [0.2, 0.25) is 5.78 Å². The van der Waals surface area contributed by atoms with Crippen LogP contribution in [-0.4, -0.2) is 18.7 Å². The third kappa shape index (κ3) is 2.18. The highest BCUT2D eigenvalue weighted by atomic mass is 16.5. The predicted molar refractivity (Wildman–Crippen MR) is 64.2 cm³/mol. The van der Waals surface area contributed by atoms with Gasteiger partial charge in [-0.1, -0.05) is 12.2 Å². The molecule has 0 heterocycles. The van der Waals surface area contributed by atoms with Gasteiger partial charge in [0.05, 0.1) is 7.11 Å². The van der Waals surface area contributed by atoms with Crippen molar-refractivity contribution in [3.63, 3.8) is 0 Å². The van der Waals surface area contributed by atoms with Crippen molar-refractivity contribution in [3.05, 3.63) is 58.9 Å². The van der Waals surface area contributed by atoms with E-state index in [0.29, 0.717) is 11.3 Å². The average molecular weight is 228 g/mol. The fourth-order valence-corrected chi connectivity index (χ4v) is 1.68. The zero-order chi connectivity index (χ0) is 12.4. The van der Waals surface area contributed by atoms with Crippen molar-refractivity contribution >= 4 is 11.6 Å². The molecule has 0 aromatic rings. The topological polar surface area (TPSA) is 43.4 Å². The van der Waals surface area contributed by atoms with E-state index in [-0.39, 0.29) is 11.6 Å². The van der Waals surface area contributed by atoms with E-state index in [9.17, 15) is 9.59 Å². The summed E-state index contributed by atoms with van der Waals surface area (Å²) in [5, 5.41) is 0. The molecule has 0 radical (unpaired) electrons. The molecule has 2 aliphatic carbocycles. The molecule has 0 aromatic heterocycles. The standard InChI is InChI=1S/C14H12O3/c1-9-7-10(3-5-12(9)15)11-4-6-13(16)14(8-11)17-2/h3-8H,1-2H3. The van der Waals surface area contributed by atoms with Gasteiger partial charge in [0.15, 0.2) is 11.5 Å². The van der Waals surface area contributed by atoms with Gasteiger partial charge >= 0.3 is 0 Å². The summed E-state index contributed by atoms with van der Waals surface area (Å²) in [7, 11) is 1.46. The molecule has 2 aliphatic rings. The molecule has 0 spiro atoms. The van der Waals surface area contributed by atoms with E-state index in [2.05, 4.69) is 0 Å². The molecule has 3 nitrogen and oxygen atoms in total. The molecular weight excluding hydrogens is 216 g/mol. The molecule has 0 fully saturated rings. The summed E-state index contributed by atoms with van der Waals surface area (Å²) in [5.41, 5.74) is 2.46. The van der Waals surface area contributed by atoms with Gasteiger partial charge in [-0.2, -0.15) is 0 Å². The van der Waals surface area contributed by atoms with Crippen LogP contribution in [0.15, 0.2) is 58.9 Å². The Morgan fingerprint density at radius 2 is 1.47 bits per heavy atom. The highest BCUT2D eigenvalue weighted by Crippen LogP contribution is 2.22. The lowest BCUT2D eigenvalue weighted by molar-refractivity contribution is -0.114. The number of ether oxygens (including phenoxy) is 1. The Kier molecular flexibility index (Phi) is 2.91. The molecule has 3 heteroatoms. The SMILES string of the molecule is COC1=CC(=C2C=CC(=O)C(C)=C2)C=CC1=O. The van der Waals surface area contributed by atoms with Crippen LogP contribution in [-0.2, 0) is 14.3 Å². The van der Waals surface area contributed by atoms with Crippen molar-refractivity contribution in [2.24, 2.45) is 0 Å². The van der Waals surface area contributed by atoms with E-state index in [0.717, 1.165) is 11.1 Å². The van der Waals surface area contributed by atoms with E-state index < -0.39 is 0 Å². The Balaban J connectivity index is 2.45. The molecular formula is C14H12O3. The zero-order valence-corrected chi connectivity index (χ0v) is 9.69. The Hall–Kier alpha value is -2.16. The maximum absolute atomic E-state index is 11.4. The van der Waals surface area contributed by atoms with Crippen molar-refractivity contribution in [3.8, 4) is 0 Å². The minimum Gasteiger partial charge on any atom is -0.493 e. The summed E-state index contributed by atoms with van der Waals surface area (Å²) in [6.45, 7) is 1.77. The lowest BCUT2D eigenvalue weighted by atomic mass is 9.95. The second-order valence-corrected chi connectivity index (χ2v) is 3.85. The van der Waals surface area contributed by atoms with Crippen LogP contribution in [0.2, 0.25) is 0 Å². The largest absolute Gasteiger partial charge is 0.493 e. The number of allylic oxidation sites excluding steroid dienone is 9. The molecule has 0 atom stereocenters. The molecule has 0 aliphatic heterocycles. The van der Waals surface area contributed by atoms with Crippen LogP contribution in [0.1, 0.15) is 6.92 Å². The second kappa shape index (κ2) is 4.37. The van der Waals surface area contributed by atoms with Gasteiger partial charge in [0, 0.05) is 0 Å². The summed E-state index contributed by atoms with van der Waals surface area (Å²) in [6, 6.07) is 0. The van der Waals surface area contributed by atoms with Crippen LogP contribution in [0.5, 0.6) is 0 Å². The fourth-order valence-electron chi connectivity index (χ4n) is 1.68. The van der Waals surface area contributed by atoms with Gasteiger partial charge in [-0.15, -0.1) is 0 Å². The summed E-state index contributed by atoms with van der Waals surface area (Å²) in [5.74, 6) is 0.181. The van der Waals surface area contributed by atoms with Crippen LogP contribution in [0, 0.1) is 0 Å². The first-order valence-electron chi connectivity index (χ1n) is 5.25. The first-order chi connectivity index (χ1) is 8.11. The minimum atomic E-state index is -0.145. The number of methoxy groups -OCH3 is 1. The van der Waals surface area contributed by atoms with Crippen molar-refractivity contribution in [1.82, 2.24) is 0 Å². The maximum atomic E-state index is 11.4. The number of hydrogen-bond donors (Lipinski definition) is 0. The highest BCUT2D eigenvalue weighted by Gasteiger charge is 2.14. The Morgan fingerprint density at radius 3 is 2.06 bits per heavy atom. The van der Waals surface area contributed by atoms with Gasteiger partial charge in [0.25, 0.3) is 0 Å². The number of ketones is 2. The zero-order valence-electron chi connectivity index (χ0n) is 9.69. The Morgan fingerprint density at radius 1 is 0.882 bits per heavy atom. The van der Waals surface area contributed by atoms with Crippen LogP contribution in [0.4, 0.5) is 0 Å². The van der Waals surface area contributed by atoms with E-state index in [1.165, 1.54) is 19.3 Å². The van der Waals surface area contributed by atoms with E-state index in [4.69, 9.17) is 4.74 Å². The highest BCUT2D eigenvalue weighted by molar-refractivity contribution is 6.06. The van der Waals surface area contributed by atoms with Crippen LogP contribution < -0.4 is 0 Å². The lowest BCUT2D eigenvalue weighted by Gasteiger charge is -2.12. The van der Waals surface area contributed by atoms with Gasteiger partial charge in [0.1, 0.15) is 0 Å². The van der Waals surface area contributed by atoms with E-state index >= 15 is 0 Å². The van der Waals surface area contributed by atoms with Gasteiger partial charge in [-0.05, 0) is 47.9 Å². The summed E-state index contributed by atoms with van der Waals surface area (Å²) >= 11 is 0. The number of carbonyl (C=O) groups is 2. The Bertz CT molecular complexity index is 540. The quantitative estimate of drug-likeness (QED) is 0.689. The first kappa shape index (κ1) is 11.3. The fraction of sp³-hybridized carbons (Fsp3) is 0.143. The van der Waals surface area contributed by atoms with Crippen molar-refractivity contribution < 1.29 is 14.3 Å². The monoisotopic (exact) mass is 228 g/mol. The Labute approximate surface area is 99.5 Å². The number of hydrogen-bond acceptors (Lipinski definition) is 3. The molecule has 0 aromatic carbocycles. The van der Waals surface area contributed by atoms with Crippen molar-refractivity contribution in [2.45, 2.75) is 6.92 Å². The minimum absolute atomic E-state index is 0.0150. The smallest absolute Gasteiger partial charge is 0.220 e. The van der Waals surface area contributed by atoms with Crippen LogP contribution in [0.25, 0.3) is 0 Å². The molecule has 0 amide bonds. The molecule has 17 heavy (non-hydrogen) atoms. The maximum Gasteiger partial charge on any atom is 0.220 e. The number of rotatable bonds is 1. The van der Waals surface area contributed by atoms with Crippen LogP contribution in [0.3, 0.4) is 0 Å². The number of carbonyl (C=O) groups excluding carboxylic acids is 2. The molecule has 86 valence electrons. The average Bonchev–Trinajstić information content (AvgIpc) is 2.33. The van der Waals surface area contributed by atoms with Crippen LogP contribution >= 0.6 is 0 Å². The van der Waals surface area contributed by atoms with Gasteiger partial charge in [-0.3, -0.25) is 9.59 Å². The first-order valence-corrected chi connectivity index (χ1v) is 5.25. The lowest BCUT2D eigenvalue weighted by Crippen LogP contribution is -2.07. The van der Waals surface area contributed by atoms with Crippen molar-refractivity contribution in [2.75, 3.05) is 7.11 Å². The predicted octanol–water partition coefficient (Wildman–Crippen LogP) is 2.04. The third-order valence-corrected chi connectivity index (χ3v) is 2.67. The van der Waals surface area contributed by atoms with Gasteiger partial charge in [-0.25, -0.2) is 0 Å². The molecule has 0 unspecified atom stereocenters. The third-order valence-electron chi connectivity index (χ3n) is 2.67. The second-order valence-electron chi connectivity index (χ2n) is 3.85. The summed E-state index contributed by atoms with van der Waals surface area (Å²) < 4.78 is 4.99. The summed E-state index contributed by atoms with van der Waals surface area (Å²) in [6.07, 6.45) is 9.96. The normalized spacial score (nSPS) is 23.6. The van der Waals surface area contributed by atoms with Gasteiger partial charge < -0.3 is 4.74 Å². The molecule has 0 saturated carbocycles. The van der Waals surface area contributed by atoms with E-state index in [1.54, 1.807) is 25.2 Å². The molecule has 0 saturated heterocycles. The van der Waals surface area contributed by atoms with Crippen molar-refractivity contribution in [1.29, 1.82) is 0 Å². The molecule has 0 bridgehead atoms. The molecule has 0 N–H and O–H groups in total. The van der Waals surface area contributed by atoms with E-state index in [1.807, 2.05) is 6.08 Å².